The van der Waals surface area contributed by atoms with Crippen molar-refractivity contribution in [2.24, 2.45) is 5.73 Å². The molecule has 21 heavy (non-hydrogen) atoms. The van der Waals surface area contributed by atoms with Crippen LogP contribution in [0.3, 0.4) is 0 Å². The molecule has 0 aliphatic carbocycles. The van der Waals surface area contributed by atoms with E-state index >= 15 is 0 Å². The van der Waals surface area contributed by atoms with Crippen LogP contribution in [0.15, 0.2) is 29.6 Å². The van der Waals surface area contributed by atoms with Crippen LogP contribution in [0.5, 0.6) is 5.75 Å². The van der Waals surface area contributed by atoms with Crippen LogP contribution in [0.1, 0.15) is 22.5 Å². The third-order valence-electron chi connectivity index (χ3n) is 2.58. The number of thiazole rings is 1. The normalized spacial score (nSPS) is 10.1. The molecule has 3 N–H and O–H groups in total. The minimum absolute atomic E-state index is 0.171. The predicted octanol–water partition coefficient (Wildman–Crippen LogP) is 1.96. The van der Waals surface area contributed by atoms with Crippen LogP contribution in [0.4, 0.5) is 5.13 Å². The van der Waals surface area contributed by atoms with Gasteiger partial charge in [-0.1, -0.05) is 6.07 Å². The Bertz CT molecular complexity index is 654. The Morgan fingerprint density at radius 3 is 2.90 bits per heavy atom. The fourth-order valence-electron chi connectivity index (χ4n) is 1.59. The maximum absolute atomic E-state index is 11.7. The van der Waals surface area contributed by atoms with Crippen LogP contribution < -0.4 is 15.8 Å². The molecule has 0 unspecified atom stereocenters. The quantitative estimate of drug-likeness (QED) is 0.853. The van der Waals surface area contributed by atoms with E-state index in [-0.39, 0.29) is 18.9 Å². The highest BCUT2D eigenvalue weighted by Gasteiger charge is 2.06. The van der Waals surface area contributed by atoms with Crippen molar-refractivity contribution >= 4 is 28.3 Å². The number of aromatic nitrogens is 1. The van der Waals surface area contributed by atoms with Crippen molar-refractivity contribution in [1.29, 1.82) is 0 Å². The Hall–Kier alpha value is -2.41. The van der Waals surface area contributed by atoms with Crippen molar-refractivity contribution in [3.63, 3.8) is 0 Å². The van der Waals surface area contributed by atoms with E-state index in [0.29, 0.717) is 16.4 Å². The highest BCUT2D eigenvalue weighted by molar-refractivity contribution is 7.13. The molecule has 1 aromatic heterocycles. The summed E-state index contributed by atoms with van der Waals surface area (Å²) in [6.45, 7) is 2.07. The van der Waals surface area contributed by atoms with Crippen molar-refractivity contribution in [2.45, 2.75) is 13.3 Å². The first kappa shape index (κ1) is 15.0. The summed E-state index contributed by atoms with van der Waals surface area (Å²) in [6.07, 6.45) is 0.194. The molecule has 0 bridgehead atoms. The number of nitrogens with one attached hydrogen (secondary N) is 1. The van der Waals surface area contributed by atoms with Gasteiger partial charge in [-0.2, -0.15) is 0 Å². The monoisotopic (exact) mass is 305 g/mol. The smallest absolute Gasteiger partial charge is 0.248 e. The third kappa shape index (κ3) is 4.57. The molecule has 0 saturated carbocycles. The maximum Gasteiger partial charge on any atom is 0.248 e. The van der Waals surface area contributed by atoms with Crippen molar-refractivity contribution in [1.82, 2.24) is 4.98 Å². The van der Waals surface area contributed by atoms with Crippen LogP contribution in [0.2, 0.25) is 0 Å². The zero-order valence-electron chi connectivity index (χ0n) is 11.5. The van der Waals surface area contributed by atoms with Gasteiger partial charge in [0.05, 0.1) is 18.7 Å². The fourth-order valence-corrected chi connectivity index (χ4v) is 2.30. The first-order valence-electron chi connectivity index (χ1n) is 6.29. The number of aryl methyl sites for hydroxylation is 1. The Kier molecular flexibility index (Phi) is 4.89. The molecule has 0 aliphatic rings. The number of anilines is 1. The lowest BCUT2D eigenvalue weighted by molar-refractivity contribution is -0.116. The lowest BCUT2D eigenvalue weighted by atomic mass is 10.2. The molecule has 2 rings (SSSR count). The molecule has 6 nitrogen and oxygen atoms in total. The summed E-state index contributed by atoms with van der Waals surface area (Å²) in [4.78, 5) is 26.9. The van der Waals surface area contributed by atoms with Gasteiger partial charge in [0, 0.05) is 10.9 Å². The van der Waals surface area contributed by atoms with E-state index < -0.39 is 5.91 Å². The van der Waals surface area contributed by atoms with Crippen LogP contribution in [-0.4, -0.2) is 23.4 Å². The topological polar surface area (TPSA) is 94.3 Å². The molecule has 1 aromatic carbocycles. The molecule has 2 amide bonds. The number of carbonyl (C=O) groups excluding carboxylic acids is 2. The highest BCUT2D eigenvalue weighted by atomic mass is 32.1. The number of hydrogen-bond acceptors (Lipinski definition) is 5. The molecule has 2 aromatic rings. The van der Waals surface area contributed by atoms with E-state index in [0.717, 1.165) is 5.69 Å². The molecule has 0 spiro atoms. The summed E-state index contributed by atoms with van der Waals surface area (Å²) < 4.78 is 5.42. The van der Waals surface area contributed by atoms with Crippen LogP contribution in [-0.2, 0) is 4.79 Å². The van der Waals surface area contributed by atoms with Crippen molar-refractivity contribution in [2.75, 3.05) is 11.9 Å². The second-order valence-electron chi connectivity index (χ2n) is 4.33. The number of benzene rings is 1. The molecule has 110 valence electrons. The average Bonchev–Trinajstić information content (AvgIpc) is 2.84. The molecular formula is C14H15N3O3S. The lowest BCUT2D eigenvalue weighted by Crippen LogP contribution is -2.15. The zero-order chi connectivity index (χ0) is 15.2. The van der Waals surface area contributed by atoms with E-state index in [1.165, 1.54) is 11.3 Å². The molecule has 0 fully saturated rings. The maximum atomic E-state index is 11.7. The molecule has 0 atom stereocenters. The van der Waals surface area contributed by atoms with E-state index in [4.69, 9.17) is 10.5 Å². The molecular weight excluding hydrogens is 290 g/mol. The number of primary amides is 1. The third-order valence-corrected chi connectivity index (χ3v) is 3.46. The number of nitrogens with two attached hydrogens (primary N) is 1. The largest absolute Gasteiger partial charge is 0.493 e. The Morgan fingerprint density at radius 2 is 2.24 bits per heavy atom. The Balaban J connectivity index is 1.80. The summed E-state index contributed by atoms with van der Waals surface area (Å²) in [5, 5.41) is 5.13. The summed E-state index contributed by atoms with van der Waals surface area (Å²) in [5.41, 5.74) is 6.42. The van der Waals surface area contributed by atoms with Gasteiger partial charge in [-0.15, -0.1) is 11.3 Å². The minimum Gasteiger partial charge on any atom is -0.493 e. The number of carbonyl (C=O) groups is 2. The van der Waals surface area contributed by atoms with Crippen molar-refractivity contribution in [3.8, 4) is 5.75 Å². The van der Waals surface area contributed by atoms with Gasteiger partial charge in [0.15, 0.2) is 5.13 Å². The fraction of sp³-hybridized carbons (Fsp3) is 0.214. The number of rotatable bonds is 6. The van der Waals surface area contributed by atoms with Gasteiger partial charge >= 0.3 is 0 Å². The number of hydrogen-bond donors (Lipinski definition) is 2. The van der Waals surface area contributed by atoms with E-state index in [2.05, 4.69) is 10.3 Å². The molecule has 0 aliphatic heterocycles. The Morgan fingerprint density at radius 1 is 1.43 bits per heavy atom. The summed E-state index contributed by atoms with van der Waals surface area (Å²) >= 11 is 1.38. The van der Waals surface area contributed by atoms with E-state index in [1.54, 1.807) is 24.3 Å². The second kappa shape index (κ2) is 6.85. The van der Waals surface area contributed by atoms with Crippen LogP contribution >= 0.6 is 11.3 Å². The zero-order valence-corrected chi connectivity index (χ0v) is 12.3. The first-order valence-corrected chi connectivity index (χ1v) is 7.17. The van der Waals surface area contributed by atoms with E-state index in [9.17, 15) is 9.59 Å². The van der Waals surface area contributed by atoms with Gasteiger partial charge in [0.2, 0.25) is 11.8 Å². The number of amides is 2. The van der Waals surface area contributed by atoms with E-state index in [1.807, 2.05) is 12.3 Å². The average molecular weight is 305 g/mol. The van der Waals surface area contributed by atoms with Gasteiger partial charge < -0.3 is 15.8 Å². The SMILES string of the molecule is Cc1csc(NC(=O)CCOc2cccc(C(N)=O)c2)n1. The molecule has 0 saturated heterocycles. The number of ether oxygens (including phenoxy) is 1. The lowest BCUT2D eigenvalue weighted by Gasteiger charge is -2.06. The van der Waals surface area contributed by atoms with Gasteiger partial charge in [0.25, 0.3) is 0 Å². The van der Waals surface area contributed by atoms with Crippen LogP contribution in [0.25, 0.3) is 0 Å². The highest BCUT2D eigenvalue weighted by Crippen LogP contribution is 2.15. The predicted molar refractivity (Wildman–Crippen MR) is 80.6 cm³/mol. The van der Waals surface area contributed by atoms with Crippen molar-refractivity contribution in [3.05, 3.63) is 40.9 Å². The van der Waals surface area contributed by atoms with Gasteiger partial charge in [-0.25, -0.2) is 4.98 Å². The summed E-state index contributed by atoms with van der Waals surface area (Å²) in [5.74, 6) is -0.183. The molecule has 0 radical (unpaired) electrons. The summed E-state index contributed by atoms with van der Waals surface area (Å²) in [7, 11) is 0. The standard InChI is InChI=1S/C14H15N3O3S/c1-9-8-21-14(16-9)17-12(18)5-6-20-11-4-2-3-10(7-11)13(15)19/h2-4,7-8H,5-6H2,1H3,(H2,15,19)(H,16,17,18). The Labute approximate surface area is 125 Å². The minimum atomic E-state index is -0.516. The molecule has 1 heterocycles. The molecule has 7 heteroatoms. The van der Waals surface area contributed by atoms with Crippen LogP contribution in [0, 0.1) is 6.92 Å². The van der Waals surface area contributed by atoms with Gasteiger partial charge in [0.1, 0.15) is 5.75 Å². The van der Waals surface area contributed by atoms with Crippen molar-refractivity contribution < 1.29 is 14.3 Å². The number of nitrogens with zero attached hydrogens (tertiary/aromatic N) is 1. The van der Waals surface area contributed by atoms with Gasteiger partial charge in [-0.3, -0.25) is 9.59 Å². The first-order chi connectivity index (χ1) is 10.0. The summed E-state index contributed by atoms with van der Waals surface area (Å²) in [6, 6.07) is 6.53. The van der Waals surface area contributed by atoms with Gasteiger partial charge in [-0.05, 0) is 25.1 Å². The second-order valence-corrected chi connectivity index (χ2v) is 5.19.